The molecule has 1 aliphatic heterocycles. The molecule has 20 heavy (non-hydrogen) atoms. The Morgan fingerprint density at radius 1 is 1.20 bits per heavy atom. The molecule has 0 aromatic heterocycles. The zero-order valence-corrected chi connectivity index (χ0v) is 12.6. The number of likely N-dealkylation sites (N-methyl/N-ethyl adjacent to an activating group) is 1. The maximum absolute atomic E-state index is 6.18. The molecule has 1 aliphatic carbocycles. The van der Waals surface area contributed by atoms with E-state index in [1.165, 1.54) is 37.8 Å². The minimum atomic E-state index is 0.233. The van der Waals surface area contributed by atoms with Gasteiger partial charge in [-0.3, -0.25) is 4.90 Å². The second kappa shape index (κ2) is 5.74. The van der Waals surface area contributed by atoms with Crippen LogP contribution in [-0.4, -0.2) is 43.2 Å². The first-order valence-corrected chi connectivity index (χ1v) is 7.98. The largest absolute Gasteiger partial charge is 0.371 e. The third-order valence-corrected chi connectivity index (χ3v) is 5.57. The van der Waals surface area contributed by atoms with Crippen LogP contribution in [0.1, 0.15) is 32.1 Å². The quantitative estimate of drug-likeness (QED) is 0.914. The van der Waals surface area contributed by atoms with E-state index >= 15 is 0 Å². The summed E-state index contributed by atoms with van der Waals surface area (Å²) in [6.07, 6.45) is 6.49. The van der Waals surface area contributed by atoms with Gasteiger partial charge in [0.25, 0.3) is 0 Å². The van der Waals surface area contributed by atoms with Crippen molar-refractivity contribution in [2.45, 2.75) is 43.7 Å². The van der Waals surface area contributed by atoms with Crippen LogP contribution in [0, 0.1) is 0 Å². The van der Waals surface area contributed by atoms with Gasteiger partial charge in [-0.15, -0.1) is 0 Å². The zero-order valence-electron chi connectivity index (χ0n) is 12.6. The van der Waals surface area contributed by atoms with Crippen LogP contribution in [0.4, 0.5) is 5.69 Å². The molecule has 1 heterocycles. The number of hydrogen-bond donors (Lipinski definition) is 1. The van der Waals surface area contributed by atoms with E-state index < -0.39 is 0 Å². The molecule has 2 N–H and O–H groups in total. The highest BCUT2D eigenvalue weighted by atomic mass is 15.3. The summed E-state index contributed by atoms with van der Waals surface area (Å²) in [5, 5.41) is 0. The van der Waals surface area contributed by atoms with Crippen LogP contribution in [0.15, 0.2) is 30.3 Å². The molecule has 0 unspecified atom stereocenters. The van der Waals surface area contributed by atoms with E-state index in [1.807, 2.05) is 0 Å². The van der Waals surface area contributed by atoms with Gasteiger partial charge in [-0.1, -0.05) is 24.6 Å². The fraction of sp³-hybridized carbons (Fsp3) is 0.647. The Labute approximate surface area is 122 Å². The molecule has 110 valence electrons. The molecular formula is C17H27N3. The first-order valence-electron chi connectivity index (χ1n) is 7.98. The summed E-state index contributed by atoms with van der Waals surface area (Å²) >= 11 is 0. The molecule has 3 heteroatoms. The monoisotopic (exact) mass is 273 g/mol. The van der Waals surface area contributed by atoms with E-state index in [0.717, 1.165) is 25.7 Å². The van der Waals surface area contributed by atoms with Crippen molar-refractivity contribution in [3.63, 3.8) is 0 Å². The lowest BCUT2D eigenvalue weighted by atomic mass is 9.81. The predicted octanol–water partition coefficient (Wildman–Crippen LogP) is 2.47. The smallest absolute Gasteiger partial charge is 0.0366 e. The van der Waals surface area contributed by atoms with Crippen LogP contribution in [-0.2, 0) is 0 Å². The van der Waals surface area contributed by atoms with Crippen LogP contribution < -0.4 is 10.6 Å². The lowest BCUT2D eigenvalue weighted by Crippen LogP contribution is -2.62. The highest BCUT2D eigenvalue weighted by Gasteiger charge is 2.41. The van der Waals surface area contributed by atoms with Crippen molar-refractivity contribution in [1.29, 1.82) is 0 Å². The summed E-state index contributed by atoms with van der Waals surface area (Å²) < 4.78 is 0. The number of nitrogens with zero attached hydrogens (tertiary/aromatic N) is 2. The maximum atomic E-state index is 6.18. The Kier molecular flexibility index (Phi) is 3.99. The molecule has 2 fully saturated rings. The Bertz CT molecular complexity index is 419. The van der Waals surface area contributed by atoms with E-state index in [0.29, 0.717) is 0 Å². The molecule has 1 aromatic rings. The van der Waals surface area contributed by atoms with Gasteiger partial charge in [0.15, 0.2) is 0 Å². The lowest BCUT2D eigenvalue weighted by Gasteiger charge is -2.52. The Morgan fingerprint density at radius 3 is 2.35 bits per heavy atom. The average Bonchev–Trinajstić information content (AvgIpc) is 2.46. The van der Waals surface area contributed by atoms with Gasteiger partial charge in [0, 0.05) is 36.9 Å². The van der Waals surface area contributed by atoms with Gasteiger partial charge in [0.1, 0.15) is 0 Å². The van der Waals surface area contributed by atoms with Crippen LogP contribution in [0.5, 0.6) is 0 Å². The zero-order chi connectivity index (χ0) is 14.0. The number of benzene rings is 1. The lowest BCUT2D eigenvalue weighted by molar-refractivity contribution is 0.0212. The van der Waals surface area contributed by atoms with Gasteiger partial charge in [0.2, 0.25) is 0 Å². The number of para-hydroxylation sites is 1. The van der Waals surface area contributed by atoms with E-state index in [4.69, 9.17) is 5.73 Å². The molecule has 1 saturated carbocycles. The highest BCUT2D eigenvalue weighted by molar-refractivity contribution is 5.46. The number of anilines is 1. The standard InChI is InChI=1S/C17H27N3/c1-19(15-8-5-9-15)17(14-18)10-12-20(13-11-17)16-6-3-2-4-7-16/h2-4,6-7,15H,5,8-14,18H2,1H3. The van der Waals surface area contributed by atoms with Gasteiger partial charge < -0.3 is 10.6 Å². The molecule has 1 saturated heterocycles. The summed E-state index contributed by atoms with van der Waals surface area (Å²) in [5.74, 6) is 0. The number of hydrogen-bond acceptors (Lipinski definition) is 3. The van der Waals surface area contributed by atoms with E-state index in [-0.39, 0.29) is 5.54 Å². The molecular weight excluding hydrogens is 246 g/mol. The summed E-state index contributed by atoms with van der Waals surface area (Å²) in [5.41, 5.74) is 7.76. The second-order valence-electron chi connectivity index (χ2n) is 6.45. The molecule has 1 aromatic carbocycles. The summed E-state index contributed by atoms with van der Waals surface area (Å²) in [6, 6.07) is 11.5. The third kappa shape index (κ3) is 2.45. The molecule has 3 nitrogen and oxygen atoms in total. The van der Waals surface area contributed by atoms with Crippen LogP contribution in [0.2, 0.25) is 0 Å². The second-order valence-corrected chi connectivity index (χ2v) is 6.45. The van der Waals surface area contributed by atoms with Crippen molar-refractivity contribution in [3.05, 3.63) is 30.3 Å². The van der Waals surface area contributed by atoms with Crippen molar-refractivity contribution in [2.75, 3.05) is 31.6 Å². The molecule has 0 amide bonds. The fourth-order valence-electron chi connectivity index (χ4n) is 3.68. The van der Waals surface area contributed by atoms with Crippen molar-refractivity contribution < 1.29 is 0 Å². The third-order valence-electron chi connectivity index (χ3n) is 5.57. The Hall–Kier alpha value is -1.06. The Balaban J connectivity index is 1.66. The van der Waals surface area contributed by atoms with Gasteiger partial charge in [0.05, 0.1) is 0 Å². The normalized spacial score (nSPS) is 22.9. The minimum absolute atomic E-state index is 0.233. The topological polar surface area (TPSA) is 32.5 Å². The molecule has 0 spiro atoms. The minimum Gasteiger partial charge on any atom is -0.371 e. The summed E-state index contributed by atoms with van der Waals surface area (Å²) in [7, 11) is 2.30. The van der Waals surface area contributed by atoms with Crippen LogP contribution in [0.25, 0.3) is 0 Å². The van der Waals surface area contributed by atoms with E-state index in [2.05, 4.69) is 47.2 Å². The van der Waals surface area contributed by atoms with Crippen molar-refractivity contribution in [1.82, 2.24) is 4.90 Å². The first-order chi connectivity index (χ1) is 9.75. The van der Waals surface area contributed by atoms with E-state index in [1.54, 1.807) is 0 Å². The highest BCUT2D eigenvalue weighted by Crippen LogP contribution is 2.35. The maximum Gasteiger partial charge on any atom is 0.0366 e. The first kappa shape index (κ1) is 13.9. The van der Waals surface area contributed by atoms with Crippen molar-refractivity contribution in [2.24, 2.45) is 5.73 Å². The van der Waals surface area contributed by atoms with Gasteiger partial charge in [-0.2, -0.15) is 0 Å². The van der Waals surface area contributed by atoms with Crippen LogP contribution >= 0.6 is 0 Å². The number of piperidine rings is 1. The van der Waals surface area contributed by atoms with Crippen molar-refractivity contribution in [3.8, 4) is 0 Å². The molecule has 2 aliphatic rings. The number of nitrogens with two attached hydrogens (primary N) is 1. The molecule has 0 atom stereocenters. The molecule has 0 bridgehead atoms. The Morgan fingerprint density at radius 2 is 1.85 bits per heavy atom. The summed E-state index contributed by atoms with van der Waals surface area (Å²) in [4.78, 5) is 5.11. The summed E-state index contributed by atoms with van der Waals surface area (Å²) in [6.45, 7) is 3.04. The van der Waals surface area contributed by atoms with Crippen molar-refractivity contribution >= 4 is 5.69 Å². The van der Waals surface area contributed by atoms with Gasteiger partial charge >= 0.3 is 0 Å². The molecule has 0 radical (unpaired) electrons. The average molecular weight is 273 g/mol. The molecule has 3 rings (SSSR count). The van der Waals surface area contributed by atoms with Crippen LogP contribution in [0.3, 0.4) is 0 Å². The van der Waals surface area contributed by atoms with E-state index in [9.17, 15) is 0 Å². The van der Waals surface area contributed by atoms with Gasteiger partial charge in [-0.05, 0) is 44.9 Å². The predicted molar refractivity (Wildman–Crippen MR) is 85.1 cm³/mol. The van der Waals surface area contributed by atoms with Gasteiger partial charge in [-0.25, -0.2) is 0 Å². The number of rotatable bonds is 4. The fourth-order valence-corrected chi connectivity index (χ4v) is 3.68. The SMILES string of the molecule is CN(C1CCC1)C1(CN)CCN(c2ccccc2)CC1.